The van der Waals surface area contributed by atoms with Crippen molar-refractivity contribution in [2.45, 2.75) is 19.4 Å². The first-order valence-electron chi connectivity index (χ1n) is 4.40. The summed E-state index contributed by atoms with van der Waals surface area (Å²) in [6.45, 7) is 0.394. The Bertz CT molecular complexity index is 501. The molecule has 15 heavy (non-hydrogen) atoms. The predicted octanol–water partition coefficient (Wildman–Crippen LogP) is 1.96. The van der Waals surface area contributed by atoms with Crippen LogP contribution in [0.2, 0.25) is 5.15 Å². The van der Waals surface area contributed by atoms with Gasteiger partial charge in [-0.25, -0.2) is 4.98 Å². The van der Waals surface area contributed by atoms with Crippen molar-refractivity contribution in [1.82, 2.24) is 9.55 Å². The molecule has 0 aromatic carbocycles. The van der Waals surface area contributed by atoms with Gasteiger partial charge in [0.15, 0.2) is 5.15 Å². The summed E-state index contributed by atoms with van der Waals surface area (Å²) in [5, 5.41) is 9.06. The second-order valence-corrected chi connectivity index (χ2v) is 4.83. The summed E-state index contributed by atoms with van der Waals surface area (Å²) in [6, 6.07) is 2.23. The fourth-order valence-electron chi connectivity index (χ4n) is 1.34. The molecule has 0 spiro atoms. The van der Waals surface area contributed by atoms with Gasteiger partial charge in [0.05, 0.1) is 17.8 Å². The maximum Gasteiger partial charge on any atom is 0.269 e. The quantitative estimate of drug-likeness (QED) is 0.782. The summed E-state index contributed by atoms with van der Waals surface area (Å²) in [6.07, 6.45) is 3.07. The van der Waals surface area contributed by atoms with Gasteiger partial charge in [0.2, 0.25) is 0 Å². The van der Waals surface area contributed by atoms with Crippen molar-refractivity contribution in [3.05, 3.63) is 26.3 Å². The summed E-state index contributed by atoms with van der Waals surface area (Å²) in [7, 11) is 0. The van der Waals surface area contributed by atoms with E-state index in [1.165, 1.54) is 10.9 Å². The monoisotopic (exact) mass is 287 g/mol. The zero-order valence-electron chi connectivity index (χ0n) is 7.70. The minimum Gasteiger partial charge on any atom is -0.297 e. The van der Waals surface area contributed by atoms with Crippen molar-refractivity contribution in [2.24, 2.45) is 5.41 Å². The smallest absolute Gasteiger partial charge is 0.269 e. The van der Waals surface area contributed by atoms with Gasteiger partial charge < -0.3 is 0 Å². The SMILES string of the molecule is N#CC1(Cn2cnc(Cl)c(Br)c2=O)CC1. The van der Waals surface area contributed by atoms with E-state index in [4.69, 9.17) is 16.9 Å². The molecule has 1 saturated carbocycles. The van der Waals surface area contributed by atoms with E-state index in [-0.39, 0.29) is 20.6 Å². The molecule has 0 amide bonds. The number of aromatic nitrogens is 2. The lowest BCUT2D eigenvalue weighted by molar-refractivity contribution is 0.507. The minimum absolute atomic E-state index is 0.151. The number of rotatable bonds is 2. The Kier molecular flexibility index (Phi) is 2.57. The third-order valence-corrected chi connectivity index (χ3v) is 3.73. The Morgan fingerprint density at radius 3 is 2.93 bits per heavy atom. The van der Waals surface area contributed by atoms with Crippen LogP contribution in [0.25, 0.3) is 0 Å². The minimum atomic E-state index is -0.362. The molecule has 1 aromatic rings. The molecule has 1 aliphatic rings. The fourth-order valence-corrected chi connectivity index (χ4v) is 1.79. The summed E-state index contributed by atoms with van der Waals surface area (Å²) in [4.78, 5) is 15.6. The van der Waals surface area contributed by atoms with Crippen LogP contribution in [0.5, 0.6) is 0 Å². The Balaban J connectivity index is 2.35. The average molecular weight is 289 g/mol. The number of hydrogen-bond acceptors (Lipinski definition) is 3. The molecule has 1 aromatic heterocycles. The number of hydrogen-bond donors (Lipinski definition) is 0. The molecule has 0 saturated heterocycles. The van der Waals surface area contributed by atoms with Crippen LogP contribution in [0, 0.1) is 16.7 Å². The third kappa shape index (κ3) is 1.92. The fraction of sp³-hybridized carbons (Fsp3) is 0.444. The topological polar surface area (TPSA) is 58.7 Å². The molecule has 6 heteroatoms. The molecule has 1 heterocycles. The van der Waals surface area contributed by atoms with Gasteiger partial charge >= 0.3 is 0 Å². The number of nitriles is 1. The van der Waals surface area contributed by atoms with Crippen molar-refractivity contribution in [3.8, 4) is 6.07 Å². The molecular weight excluding hydrogens is 281 g/mol. The van der Waals surface area contributed by atoms with Crippen molar-refractivity contribution in [2.75, 3.05) is 0 Å². The lowest BCUT2D eigenvalue weighted by atomic mass is 10.1. The predicted molar refractivity (Wildman–Crippen MR) is 58.5 cm³/mol. The summed E-state index contributed by atoms with van der Waals surface area (Å²) in [5.41, 5.74) is -0.602. The van der Waals surface area contributed by atoms with Crippen LogP contribution < -0.4 is 5.56 Å². The van der Waals surface area contributed by atoms with Gasteiger partial charge in [0.1, 0.15) is 4.47 Å². The van der Waals surface area contributed by atoms with E-state index < -0.39 is 0 Å². The lowest BCUT2D eigenvalue weighted by Crippen LogP contribution is -2.25. The highest BCUT2D eigenvalue weighted by Crippen LogP contribution is 2.46. The number of nitrogens with zero attached hydrogens (tertiary/aromatic N) is 3. The van der Waals surface area contributed by atoms with Gasteiger partial charge in [0, 0.05) is 6.54 Å². The van der Waals surface area contributed by atoms with Gasteiger partial charge in [-0.3, -0.25) is 9.36 Å². The first-order chi connectivity index (χ1) is 7.08. The van der Waals surface area contributed by atoms with Crippen molar-refractivity contribution >= 4 is 27.5 Å². The van der Waals surface area contributed by atoms with Crippen LogP contribution in [0.4, 0.5) is 0 Å². The standard InChI is InChI=1S/C9H7BrClN3O/c10-6-7(11)13-5-14(8(6)15)4-9(3-12)1-2-9/h5H,1-2,4H2. The molecule has 0 N–H and O–H groups in total. The maximum atomic E-state index is 11.7. The van der Waals surface area contributed by atoms with Gasteiger partial charge in [-0.05, 0) is 28.8 Å². The van der Waals surface area contributed by atoms with Crippen molar-refractivity contribution < 1.29 is 0 Å². The molecule has 0 unspecified atom stereocenters. The zero-order valence-corrected chi connectivity index (χ0v) is 10.0. The second kappa shape index (κ2) is 3.62. The van der Waals surface area contributed by atoms with E-state index in [1.807, 2.05) is 0 Å². The maximum absolute atomic E-state index is 11.7. The molecule has 0 atom stereocenters. The largest absolute Gasteiger partial charge is 0.297 e. The van der Waals surface area contributed by atoms with Crippen molar-refractivity contribution in [1.29, 1.82) is 5.26 Å². The molecule has 0 aliphatic heterocycles. The van der Waals surface area contributed by atoms with Crippen LogP contribution in [0.15, 0.2) is 15.6 Å². The van der Waals surface area contributed by atoms with E-state index in [0.29, 0.717) is 6.54 Å². The van der Waals surface area contributed by atoms with E-state index in [1.54, 1.807) is 0 Å². The van der Waals surface area contributed by atoms with E-state index in [2.05, 4.69) is 27.0 Å². The molecule has 78 valence electrons. The average Bonchev–Trinajstić information content (AvgIpc) is 3.00. The second-order valence-electron chi connectivity index (χ2n) is 3.67. The van der Waals surface area contributed by atoms with Crippen molar-refractivity contribution in [3.63, 3.8) is 0 Å². The molecule has 4 nitrogen and oxygen atoms in total. The summed E-state index contributed by atoms with van der Waals surface area (Å²) >= 11 is 8.74. The molecule has 2 rings (SSSR count). The van der Waals surface area contributed by atoms with E-state index >= 15 is 0 Å². The normalized spacial score (nSPS) is 17.1. The van der Waals surface area contributed by atoms with Crippen LogP contribution in [0.3, 0.4) is 0 Å². The Hall–Kier alpha value is -0.860. The van der Waals surface area contributed by atoms with Gasteiger partial charge in [-0.1, -0.05) is 11.6 Å². The summed E-state index contributed by atoms with van der Waals surface area (Å²) in [5.74, 6) is 0. The highest BCUT2D eigenvalue weighted by molar-refractivity contribution is 9.10. The number of halogens is 2. The van der Waals surface area contributed by atoms with Crippen LogP contribution in [0.1, 0.15) is 12.8 Å². The molecule has 0 radical (unpaired) electrons. The Morgan fingerprint density at radius 2 is 2.40 bits per heavy atom. The van der Waals surface area contributed by atoms with Crippen LogP contribution >= 0.6 is 27.5 Å². The van der Waals surface area contributed by atoms with E-state index in [0.717, 1.165) is 12.8 Å². The molecule has 1 aliphatic carbocycles. The first kappa shape index (κ1) is 10.7. The third-order valence-electron chi connectivity index (χ3n) is 2.50. The Morgan fingerprint density at radius 1 is 1.73 bits per heavy atom. The van der Waals surface area contributed by atoms with Crippen LogP contribution in [-0.4, -0.2) is 9.55 Å². The molecule has 1 fully saturated rings. The van der Waals surface area contributed by atoms with Crippen LogP contribution in [-0.2, 0) is 6.54 Å². The molecular formula is C9H7BrClN3O. The molecule has 0 bridgehead atoms. The first-order valence-corrected chi connectivity index (χ1v) is 5.57. The summed E-state index contributed by atoms with van der Waals surface area (Å²) < 4.78 is 1.67. The lowest BCUT2D eigenvalue weighted by Gasteiger charge is -2.08. The Labute approximate surface area is 99.6 Å². The van der Waals surface area contributed by atoms with Gasteiger partial charge in [0.25, 0.3) is 5.56 Å². The zero-order chi connectivity index (χ0) is 11.1. The highest BCUT2D eigenvalue weighted by atomic mass is 79.9. The van der Waals surface area contributed by atoms with Gasteiger partial charge in [-0.15, -0.1) is 0 Å². The van der Waals surface area contributed by atoms with E-state index in [9.17, 15) is 4.79 Å². The highest BCUT2D eigenvalue weighted by Gasteiger charge is 2.43. The van der Waals surface area contributed by atoms with Gasteiger partial charge in [-0.2, -0.15) is 5.26 Å².